The number of alkyl halides is 3. The molecule has 2 N–H and O–H groups in total. The van der Waals surface area contributed by atoms with Crippen molar-refractivity contribution in [3.63, 3.8) is 0 Å². The molecule has 0 saturated heterocycles. The van der Waals surface area contributed by atoms with Crippen LogP contribution in [0.2, 0.25) is 0 Å². The summed E-state index contributed by atoms with van der Waals surface area (Å²) in [4.78, 5) is 16.3. The lowest BCUT2D eigenvalue weighted by Crippen LogP contribution is -2.46. The summed E-state index contributed by atoms with van der Waals surface area (Å²) in [6.45, 7) is 0. The maximum absolute atomic E-state index is 11.7. The molecule has 0 spiro atoms. The van der Waals surface area contributed by atoms with E-state index in [0.717, 1.165) is 4.90 Å². The van der Waals surface area contributed by atoms with Crippen molar-refractivity contribution in [3.05, 3.63) is 24.5 Å². The first-order valence-corrected chi connectivity index (χ1v) is 5.64. The van der Waals surface area contributed by atoms with Gasteiger partial charge in [-0.2, -0.15) is 0 Å². The van der Waals surface area contributed by atoms with Gasteiger partial charge in [0.05, 0.1) is 11.9 Å². The molecule has 94 valence electrons. The molecule has 0 radical (unpaired) electrons. The van der Waals surface area contributed by atoms with Gasteiger partial charge >= 0.3 is 6.03 Å². The smallest absolute Gasteiger partial charge is 0.323 e. The second-order valence-electron chi connectivity index (χ2n) is 3.20. The first kappa shape index (κ1) is 14.3. The number of carbonyl (C=O) groups excluding carboxylic acids is 1. The summed E-state index contributed by atoms with van der Waals surface area (Å²) in [5.41, 5.74) is 0.473. The van der Waals surface area contributed by atoms with E-state index in [4.69, 9.17) is 34.8 Å². The summed E-state index contributed by atoms with van der Waals surface area (Å²) < 4.78 is -1.97. The van der Waals surface area contributed by atoms with E-state index >= 15 is 0 Å². The van der Waals surface area contributed by atoms with Crippen molar-refractivity contribution >= 4 is 46.5 Å². The second-order valence-corrected chi connectivity index (χ2v) is 5.57. The fourth-order valence-corrected chi connectivity index (χ4v) is 1.42. The summed E-state index contributed by atoms with van der Waals surface area (Å²) in [5.74, 6) is 0. The van der Waals surface area contributed by atoms with Crippen molar-refractivity contribution in [2.45, 2.75) is 10.0 Å². The molecule has 8 heteroatoms. The predicted molar refractivity (Wildman–Crippen MR) is 67.3 cm³/mol. The van der Waals surface area contributed by atoms with Crippen LogP contribution in [0, 0.1) is 0 Å². The third-order valence-corrected chi connectivity index (χ3v) is 2.48. The molecule has 1 unspecified atom stereocenters. The molecule has 1 heterocycles. The van der Waals surface area contributed by atoms with E-state index in [2.05, 4.69) is 10.3 Å². The highest BCUT2D eigenvalue weighted by Gasteiger charge is 2.36. The van der Waals surface area contributed by atoms with Crippen LogP contribution in [0.4, 0.5) is 10.5 Å². The molecular formula is C9H10Cl3N3O2. The van der Waals surface area contributed by atoms with Crippen LogP contribution < -0.4 is 5.32 Å². The zero-order chi connectivity index (χ0) is 13.1. The van der Waals surface area contributed by atoms with Crippen LogP contribution in [0.15, 0.2) is 24.5 Å². The number of hydrogen-bond donors (Lipinski definition) is 2. The number of aliphatic hydroxyl groups is 1. The molecule has 0 aromatic carbocycles. The zero-order valence-corrected chi connectivity index (χ0v) is 11.0. The Balaban J connectivity index is 2.65. The number of nitrogens with zero attached hydrogens (tertiary/aromatic N) is 2. The lowest BCUT2D eigenvalue weighted by atomic mass is 10.4. The summed E-state index contributed by atoms with van der Waals surface area (Å²) in [7, 11) is 1.30. The third kappa shape index (κ3) is 4.20. The predicted octanol–water partition coefficient (Wildman–Crippen LogP) is 2.23. The van der Waals surface area contributed by atoms with Crippen LogP contribution >= 0.6 is 34.8 Å². The lowest BCUT2D eigenvalue weighted by molar-refractivity contribution is 0.0547. The van der Waals surface area contributed by atoms with Crippen LogP contribution in [-0.2, 0) is 0 Å². The Kier molecular flexibility index (Phi) is 4.82. The Labute approximate surface area is 113 Å². The fourth-order valence-electron chi connectivity index (χ4n) is 0.979. The van der Waals surface area contributed by atoms with E-state index in [1.807, 2.05) is 0 Å². The number of urea groups is 1. The van der Waals surface area contributed by atoms with Gasteiger partial charge in [-0.05, 0) is 12.1 Å². The minimum Gasteiger partial charge on any atom is -0.369 e. The number of nitrogens with one attached hydrogen (secondary N) is 1. The maximum atomic E-state index is 11.7. The summed E-state index contributed by atoms with van der Waals surface area (Å²) in [6.07, 6.45) is 1.47. The molecule has 1 aromatic heterocycles. The molecule has 1 aromatic rings. The number of hydrogen-bond acceptors (Lipinski definition) is 3. The molecule has 1 atom stereocenters. The molecule has 5 nitrogen and oxygen atoms in total. The average molecular weight is 299 g/mol. The summed E-state index contributed by atoms with van der Waals surface area (Å²) in [6, 6.07) is 2.68. The van der Waals surface area contributed by atoms with E-state index in [0.29, 0.717) is 5.69 Å². The van der Waals surface area contributed by atoms with E-state index in [1.54, 1.807) is 18.3 Å². The molecule has 0 aliphatic heterocycles. The van der Waals surface area contributed by atoms with Crippen molar-refractivity contribution in [1.29, 1.82) is 0 Å². The number of rotatable bonds is 2. The van der Waals surface area contributed by atoms with Gasteiger partial charge in [-0.1, -0.05) is 34.8 Å². The van der Waals surface area contributed by atoms with Gasteiger partial charge in [0.15, 0.2) is 6.23 Å². The van der Waals surface area contributed by atoms with Gasteiger partial charge < -0.3 is 10.4 Å². The van der Waals surface area contributed by atoms with E-state index in [-0.39, 0.29) is 0 Å². The topological polar surface area (TPSA) is 65.5 Å². The van der Waals surface area contributed by atoms with E-state index in [9.17, 15) is 9.90 Å². The molecule has 0 aliphatic rings. The zero-order valence-electron chi connectivity index (χ0n) is 8.77. The SMILES string of the molecule is CN(C(=O)Nc1cccnc1)C(O)C(Cl)(Cl)Cl. The monoisotopic (exact) mass is 297 g/mol. The van der Waals surface area contributed by atoms with Gasteiger partial charge in [0, 0.05) is 13.2 Å². The van der Waals surface area contributed by atoms with Gasteiger partial charge in [-0.15, -0.1) is 0 Å². The number of amides is 2. The standard InChI is InChI=1S/C9H10Cl3N3O2/c1-15(7(16)9(10,11)12)8(17)14-6-3-2-4-13-5-6/h2-5,7,16H,1H3,(H,14,17). The average Bonchev–Trinajstić information content (AvgIpc) is 2.27. The largest absolute Gasteiger partial charge is 0.369 e. The van der Waals surface area contributed by atoms with Crippen LogP contribution in [0.25, 0.3) is 0 Å². The summed E-state index contributed by atoms with van der Waals surface area (Å²) in [5, 5.41) is 12.0. The quantitative estimate of drug-likeness (QED) is 0.650. The van der Waals surface area contributed by atoms with Crippen molar-refractivity contribution in [2.75, 3.05) is 12.4 Å². The second kappa shape index (κ2) is 5.73. The van der Waals surface area contributed by atoms with Crippen molar-refractivity contribution < 1.29 is 9.90 Å². The highest BCUT2D eigenvalue weighted by molar-refractivity contribution is 6.68. The van der Waals surface area contributed by atoms with Gasteiger partial charge in [0.2, 0.25) is 3.79 Å². The Morgan fingerprint density at radius 1 is 1.59 bits per heavy atom. The molecule has 17 heavy (non-hydrogen) atoms. The number of anilines is 1. The Morgan fingerprint density at radius 3 is 2.71 bits per heavy atom. The third-order valence-electron chi connectivity index (χ3n) is 1.89. The minimum absolute atomic E-state index is 0.473. The molecule has 0 aliphatic carbocycles. The van der Waals surface area contributed by atoms with E-state index < -0.39 is 16.1 Å². The minimum atomic E-state index is -1.97. The van der Waals surface area contributed by atoms with Crippen molar-refractivity contribution in [2.24, 2.45) is 0 Å². The molecular weight excluding hydrogens is 288 g/mol. The van der Waals surface area contributed by atoms with Crippen LogP contribution in [0.3, 0.4) is 0 Å². The number of halogens is 3. The molecule has 2 amide bonds. The van der Waals surface area contributed by atoms with Gasteiger partial charge in [0.25, 0.3) is 0 Å². The number of aliphatic hydroxyl groups excluding tert-OH is 1. The molecule has 1 rings (SSSR count). The first-order chi connectivity index (χ1) is 7.82. The number of pyridine rings is 1. The molecule has 0 saturated carbocycles. The van der Waals surface area contributed by atoms with Crippen LogP contribution in [0.1, 0.15) is 0 Å². The number of carbonyl (C=O) groups is 1. The molecule has 0 bridgehead atoms. The van der Waals surface area contributed by atoms with Gasteiger partial charge in [0.1, 0.15) is 0 Å². The highest BCUT2D eigenvalue weighted by atomic mass is 35.6. The highest BCUT2D eigenvalue weighted by Crippen LogP contribution is 2.31. The first-order valence-electron chi connectivity index (χ1n) is 4.51. The Morgan fingerprint density at radius 2 is 2.24 bits per heavy atom. The fraction of sp³-hybridized carbons (Fsp3) is 0.333. The summed E-state index contributed by atoms with van der Waals surface area (Å²) >= 11 is 16.4. The Bertz CT molecular complexity index is 383. The van der Waals surface area contributed by atoms with Gasteiger partial charge in [-0.3, -0.25) is 9.88 Å². The Hall–Kier alpha value is -0.750. The van der Waals surface area contributed by atoms with Crippen molar-refractivity contribution in [3.8, 4) is 0 Å². The maximum Gasteiger partial charge on any atom is 0.323 e. The van der Waals surface area contributed by atoms with Gasteiger partial charge in [-0.25, -0.2) is 4.79 Å². The van der Waals surface area contributed by atoms with Crippen molar-refractivity contribution in [1.82, 2.24) is 9.88 Å². The van der Waals surface area contributed by atoms with Crippen LogP contribution in [-0.4, -0.2) is 38.1 Å². The molecule has 0 fully saturated rings. The van der Waals surface area contributed by atoms with E-state index in [1.165, 1.54) is 13.2 Å². The normalized spacial score (nSPS) is 13.0. The van der Waals surface area contributed by atoms with Crippen LogP contribution in [0.5, 0.6) is 0 Å². The number of aromatic nitrogens is 1. The lowest BCUT2D eigenvalue weighted by Gasteiger charge is -2.28.